The van der Waals surface area contributed by atoms with Gasteiger partial charge >= 0.3 is 6.03 Å². The molecule has 1 aliphatic rings. The Hall–Kier alpha value is -1.34. The molecule has 5 nitrogen and oxygen atoms in total. The number of halogens is 2. The van der Waals surface area contributed by atoms with Crippen LogP contribution in [0.4, 0.5) is 14.9 Å². The summed E-state index contributed by atoms with van der Waals surface area (Å²) in [6.45, 7) is 0. The van der Waals surface area contributed by atoms with Crippen molar-refractivity contribution in [3.63, 3.8) is 0 Å². The van der Waals surface area contributed by atoms with Gasteiger partial charge in [-0.1, -0.05) is 11.6 Å². The van der Waals surface area contributed by atoms with Gasteiger partial charge < -0.3 is 10.6 Å². The molecule has 1 saturated heterocycles. The van der Waals surface area contributed by atoms with Crippen molar-refractivity contribution in [3.05, 3.63) is 29.0 Å². The summed E-state index contributed by atoms with van der Waals surface area (Å²) in [6.07, 6.45) is 0.394. The van der Waals surface area contributed by atoms with Crippen molar-refractivity contribution in [1.82, 2.24) is 5.32 Å². The molecule has 1 atom stereocenters. The molecule has 0 spiro atoms. The summed E-state index contributed by atoms with van der Waals surface area (Å²) >= 11 is 5.52. The lowest BCUT2D eigenvalue weighted by molar-refractivity contribution is 0.249. The van der Waals surface area contributed by atoms with Gasteiger partial charge in [-0.2, -0.15) is 0 Å². The van der Waals surface area contributed by atoms with Crippen LogP contribution in [-0.4, -0.2) is 32.0 Å². The summed E-state index contributed by atoms with van der Waals surface area (Å²) in [5, 5.41) is 4.92. The number of hydrogen-bond donors (Lipinski definition) is 2. The topological polar surface area (TPSA) is 75.3 Å². The average molecular weight is 307 g/mol. The van der Waals surface area contributed by atoms with Crippen LogP contribution in [0.25, 0.3) is 0 Å². The first-order valence-electron chi connectivity index (χ1n) is 5.59. The predicted octanol–water partition coefficient (Wildman–Crippen LogP) is 1.79. The van der Waals surface area contributed by atoms with Crippen LogP contribution in [-0.2, 0) is 9.84 Å². The molecule has 1 aromatic carbocycles. The zero-order chi connectivity index (χ0) is 14.0. The first-order valence-corrected chi connectivity index (χ1v) is 7.79. The molecule has 0 aliphatic carbocycles. The summed E-state index contributed by atoms with van der Waals surface area (Å²) in [5.41, 5.74) is 0.250. The number of rotatable bonds is 2. The van der Waals surface area contributed by atoms with Gasteiger partial charge in [0.15, 0.2) is 9.84 Å². The summed E-state index contributed by atoms with van der Waals surface area (Å²) in [7, 11) is -3.05. The molecule has 0 saturated carbocycles. The molecular weight excluding hydrogens is 295 g/mol. The van der Waals surface area contributed by atoms with Gasteiger partial charge in [-0.3, -0.25) is 0 Å². The summed E-state index contributed by atoms with van der Waals surface area (Å²) in [4.78, 5) is 11.6. The predicted molar refractivity (Wildman–Crippen MR) is 70.6 cm³/mol. The molecule has 0 aromatic heterocycles. The van der Waals surface area contributed by atoms with Crippen molar-refractivity contribution in [2.75, 3.05) is 16.8 Å². The maximum atomic E-state index is 13.2. The third kappa shape index (κ3) is 3.81. The van der Waals surface area contributed by atoms with Crippen LogP contribution in [0.3, 0.4) is 0 Å². The molecule has 1 heterocycles. The fourth-order valence-electron chi connectivity index (χ4n) is 1.84. The minimum atomic E-state index is -3.05. The van der Waals surface area contributed by atoms with Gasteiger partial charge in [0.2, 0.25) is 0 Å². The third-order valence-corrected chi connectivity index (χ3v) is 4.82. The van der Waals surface area contributed by atoms with E-state index >= 15 is 0 Å². The van der Waals surface area contributed by atoms with Crippen molar-refractivity contribution in [3.8, 4) is 0 Å². The SMILES string of the molecule is O=C(Nc1ccc(Cl)c(F)c1)NC1CCS(=O)(=O)C1. The molecule has 19 heavy (non-hydrogen) atoms. The molecular formula is C11H12ClFN2O3S. The minimum absolute atomic E-state index is 0.0344. The maximum Gasteiger partial charge on any atom is 0.319 e. The van der Waals surface area contributed by atoms with E-state index in [0.29, 0.717) is 6.42 Å². The van der Waals surface area contributed by atoms with Crippen LogP contribution in [0.2, 0.25) is 5.02 Å². The number of anilines is 1. The van der Waals surface area contributed by atoms with Crippen molar-refractivity contribution >= 4 is 33.2 Å². The highest BCUT2D eigenvalue weighted by Gasteiger charge is 2.28. The maximum absolute atomic E-state index is 13.2. The zero-order valence-electron chi connectivity index (χ0n) is 9.82. The lowest BCUT2D eigenvalue weighted by atomic mass is 10.3. The quantitative estimate of drug-likeness (QED) is 0.874. The van der Waals surface area contributed by atoms with E-state index in [2.05, 4.69) is 10.6 Å². The standard InChI is InChI=1S/C11H12ClFN2O3S/c12-9-2-1-7(5-10(9)13)14-11(16)15-8-3-4-19(17,18)6-8/h1-2,5,8H,3-4,6H2,(H2,14,15,16). The second-order valence-electron chi connectivity index (χ2n) is 4.33. The Morgan fingerprint density at radius 1 is 1.42 bits per heavy atom. The van der Waals surface area contributed by atoms with E-state index in [1.54, 1.807) is 0 Å². The lowest BCUT2D eigenvalue weighted by Crippen LogP contribution is -2.38. The van der Waals surface area contributed by atoms with Crippen LogP contribution in [0.5, 0.6) is 0 Å². The van der Waals surface area contributed by atoms with Crippen molar-refractivity contribution in [2.24, 2.45) is 0 Å². The van der Waals surface area contributed by atoms with Gasteiger partial charge in [-0.15, -0.1) is 0 Å². The molecule has 0 radical (unpaired) electrons. The van der Waals surface area contributed by atoms with E-state index in [1.807, 2.05) is 0 Å². The Balaban J connectivity index is 1.93. The summed E-state index contributed by atoms with van der Waals surface area (Å²) in [5.74, 6) is -0.619. The number of carbonyl (C=O) groups excluding carboxylic acids is 1. The molecule has 2 amide bonds. The normalized spacial score (nSPS) is 21.1. The van der Waals surface area contributed by atoms with E-state index < -0.39 is 27.7 Å². The van der Waals surface area contributed by atoms with Crippen LogP contribution in [0.15, 0.2) is 18.2 Å². The Morgan fingerprint density at radius 2 is 2.16 bits per heavy atom. The van der Waals surface area contributed by atoms with E-state index in [4.69, 9.17) is 11.6 Å². The van der Waals surface area contributed by atoms with Crippen LogP contribution in [0, 0.1) is 5.82 Å². The number of sulfone groups is 1. The molecule has 1 aromatic rings. The number of amides is 2. The van der Waals surface area contributed by atoms with Crippen LogP contribution >= 0.6 is 11.6 Å². The monoisotopic (exact) mass is 306 g/mol. The van der Waals surface area contributed by atoms with Crippen molar-refractivity contribution in [2.45, 2.75) is 12.5 Å². The third-order valence-electron chi connectivity index (χ3n) is 2.75. The molecule has 2 rings (SSSR count). The summed E-state index contributed by atoms with van der Waals surface area (Å²) < 4.78 is 35.6. The largest absolute Gasteiger partial charge is 0.334 e. The van der Waals surface area contributed by atoms with Crippen LogP contribution < -0.4 is 10.6 Å². The molecule has 104 valence electrons. The second-order valence-corrected chi connectivity index (χ2v) is 6.96. The van der Waals surface area contributed by atoms with Gasteiger partial charge in [0.05, 0.1) is 16.5 Å². The Bertz CT molecular complexity index is 606. The van der Waals surface area contributed by atoms with Gasteiger partial charge in [0.1, 0.15) is 5.82 Å². The second kappa shape index (κ2) is 5.34. The molecule has 2 N–H and O–H groups in total. The van der Waals surface area contributed by atoms with Crippen molar-refractivity contribution in [1.29, 1.82) is 0 Å². The molecule has 1 unspecified atom stereocenters. The molecule has 1 aliphatic heterocycles. The van der Waals surface area contributed by atoms with E-state index in [1.165, 1.54) is 12.1 Å². The number of urea groups is 1. The van der Waals surface area contributed by atoms with E-state index in [9.17, 15) is 17.6 Å². The summed E-state index contributed by atoms with van der Waals surface area (Å²) in [6, 6.07) is 2.90. The Kier molecular flexibility index (Phi) is 3.96. The Morgan fingerprint density at radius 3 is 2.74 bits per heavy atom. The highest BCUT2D eigenvalue weighted by Crippen LogP contribution is 2.18. The van der Waals surface area contributed by atoms with Gasteiger partial charge in [0, 0.05) is 11.7 Å². The number of benzene rings is 1. The number of nitrogens with one attached hydrogen (secondary N) is 2. The highest BCUT2D eigenvalue weighted by molar-refractivity contribution is 7.91. The van der Waals surface area contributed by atoms with Crippen molar-refractivity contribution < 1.29 is 17.6 Å². The molecule has 1 fully saturated rings. The fraction of sp³-hybridized carbons (Fsp3) is 0.364. The Labute approximate surface area is 115 Å². The number of hydrogen-bond acceptors (Lipinski definition) is 3. The minimum Gasteiger partial charge on any atom is -0.334 e. The highest BCUT2D eigenvalue weighted by atomic mass is 35.5. The fourth-order valence-corrected chi connectivity index (χ4v) is 3.63. The average Bonchev–Trinajstić information content (AvgIpc) is 2.63. The number of carbonyl (C=O) groups is 1. The van der Waals surface area contributed by atoms with Crippen LogP contribution in [0.1, 0.15) is 6.42 Å². The molecule has 0 bridgehead atoms. The zero-order valence-corrected chi connectivity index (χ0v) is 11.4. The first kappa shape index (κ1) is 14.1. The molecule has 8 heteroatoms. The van der Waals surface area contributed by atoms with Gasteiger partial charge in [0.25, 0.3) is 0 Å². The van der Waals surface area contributed by atoms with E-state index in [0.717, 1.165) is 6.07 Å². The van der Waals surface area contributed by atoms with Gasteiger partial charge in [-0.25, -0.2) is 17.6 Å². The smallest absolute Gasteiger partial charge is 0.319 e. The lowest BCUT2D eigenvalue weighted by Gasteiger charge is -2.12. The van der Waals surface area contributed by atoms with Gasteiger partial charge in [-0.05, 0) is 24.6 Å². The first-order chi connectivity index (χ1) is 8.85. The van der Waals surface area contributed by atoms with E-state index in [-0.39, 0.29) is 22.2 Å².